The van der Waals surface area contributed by atoms with E-state index in [-0.39, 0.29) is 5.91 Å². The molecule has 3 heterocycles. The van der Waals surface area contributed by atoms with Crippen LogP contribution >= 0.6 is 11.3 Å². The molecular formula is C20H18N4O3S. The van der Waals surface area contributed by atoms with Crippen LogP contribution < -0.4 is 14.8 Å². The van der Waals surface area contributed by atoms with Gasteiger partial charge in [-0.3, -0.25) is 15.1 Å². The fourth-order valence-corrected chi connectivity index (χ4v) is 3.82. The molecule has 4 aromatic rings. The maximum absolute atomic E-state index is 12.9. The van der Waals surface area contributed by atoms with Crippen LogP contribution in [0.4, 0.5) is 5.13 Å². The maximum Gasteiger partial charge on any atom is 0.274 e. The Hall–Kier alpha value is -3.39. The van der Waals surface area contributed by atoms with Crippen LogP contribution in [0, 0.1) is 0 Å². The predicted octanol–water partition coefficient (Wildman–Crippen LogP) is 3.97. The molecule has 0 aliphatic heterocycles. The van der Waals surface area contributed by atoms with Gasteiger partial charge in [0.15, 0.2) is 5.13 Å². The topological polar surface area (TPSA) is 78.3 Å². The van der Waals surface area contributed by atoms with Crippen molar-refractivity contribution in [3.63, 3.8) is 0 Å². The summed E-state index contributed by atoms with van der Waals surface area (Å²) in [5.74, 6) is 1.10. The number of aryl methyl sites for hydroxylation is 1. The molecule has 142 valence electrons. The van der Waals surface area contributed by atoms with Gasteiger partial charge >= 0.3 is 0 Å². The lowest BCUT2D eigenvalue weighted by atomic mass is 10.2. The Kier molecular flexibility index (Phi) is 4.70. The minimum atomic E-state index is -0.255. The van der Waals surface area contributed by atoms with E-state index in [9.17, 15) is 4.79 Å². The van der Waals surface area contributed by atoms with Gasteiger partial charge in [-0.25, -0.2) is 4.98 Å². The Morgan fingerprint density at radius 1 is 1.18 bits per heavy atom. The van der Waals surface area contributed by atoms with Crippen LogP contribution in [0.2, 0.25) is 0 Å². The van der Waals surface area contributed by atoms with E-state index in [0.717, 1.165) is 22.2 Å². The zero-order chi connectivity index (χ0) is 19.7. The van der Waals surface area contributed by atoms with Crippen LogP contribution in [0.5, 0.6) is 11.5 Å². The molecule has 28 heavy (non-hydrogen) atoms. The van der Waals surface area contributed by atoms with Gasteiger partial charge in [0.1, 0.15) is 17.2 Å². The predicted molar refractivity (Wildman–Crippen MR) is 109 cm³/mol. The molecule has 0 bridgehead atoms. The first-order valence-electron chi connectivity index (χ1n) is 8.50. The van der Waals surface area contributed by atoms with Gasteiger partial charge in [-0.05, 0) is 30.3 Å². The molecule has 1 aromatic carbocycles. The number of benzene rings is 1. The Morgan fingerprint density at radius 3 is 2.68 bits per heavy atom. The Labute approximate surface area is 165 Å². The van der Waals surface area contributed by atoms with Gasteiger partial charge in [0.25, 0.3) is 5.91 Å². The number of rotatable bonds is 5. The highest BCUT2D eigenvalue weighted by atomic mass is 32.1. The smallest absolute Gasteiger partial charge is 0.274 e. The highest BCUT2D eigenvalue weighted by Crippen LogP contribution is 2.35. The van der Waals surface area contributed by atoms with Gasteiger partial charge < -0.3 is 14.0 Å². The van der Waals surface area contributed by atoms with E-state index in [4.69, 9.17) is 9.47 Å². The summed E-state index contributed by atoms with van der Waals surface area (Å²) in [4.78, 5) is 21.5. The van der Waals surface area contributed by atoms with Crippen LogP contribution in [0.15, 0.2) is 48.1 Å². The fourth-order valence-electron chi connectivity index (χ4n) is 3.11. The number of aromatic nitrogens is 3. The summed E-state index contributed by atoms with van der Waals surface area (Å²) in [6.45, 7) is 0. The number of carbonyl (C=O) groups excluding carboxylic acids is 1. The third-order valence-electron chi connectivity index (χ3n) is 4.47. The molecule has 8 heteroatoms. The average Bonchev–Trinajstić information content (AvgIpc) is 3.33. The molecule has 0 aliphatic carbocycles. The van der Waals surface area contributed by atoms with Crippen molar-refractivity contribution >= 4 is 33.3 Å². The lowest BCUT2D eigenvalue weighted by Crippen LogP contribution is -2.15. The number of methoxy groups -OCH3 is 2. The molecule has 0 spiro atoms. The van der Waals surface area contributed by atoms with Crippen molar-refractivity contribution < 1.29 is 14.3 Å². The van der Waals surface area contributed by atoms with Crippen LogP contribution in [-0.4, -0.2) is 34.7 Å². The zero-order valence-corrected chi connectivity index (χ0v) is 16.4. The molecule has 0 unspecified atom stereocenters. The van der Waals surface area contributed by atoms with Crippen LogP contribution in [0.3, 0.4) is 0 Å². The van der Waals surface area contributed by atoms with E-state index >= 15 is 0 Å². The van der Waals surface area contributed by atoms with Crippen molar-refractivity contribution in [2.75, 3.05) is 19.5 Å². The Bertz CT molecular complexity index is 1150. The van der Waals surface area contributed by atoms with Gasteiger partial charge in [-0.15, -0.1) is 11.3 Å². The summed E-state index contributed by atoms with van der Waals surface area (Å²) in [5, 5.41) is 6.09. The van der Waals surface area contributed by atoms with Crippen molar-refractivity contribution in [2.45, 2.75) is 0 Å². The molecule has 0 radical (unpaired) electrons. The first-order chi connectivity index (χ1) is 13.6. The molecule has 0 fully saturated rings. The number of nitrogens with one attached hydrogen (secondary N) is 1. The van der Waals surface area contributed by atoms with Crippen molar-refractivity contribution in [1.29, 1.82) is 0 Å². The number of ether oxygens (including phenoxy) is 2. The van der Waals surface area contributed by atoms with E-state index in [1.54, 1.807) is 37.2 Å². The number of anilines is 1. The lowest BCUT2D eigenvalue weighted by Gasteiger charge is -2.08. The number of amides is 1. The minimum Gasteiger partial charge on any atom is -0.496 e. The average molecular weight is 394 g/mol. The number of fused-ring (bicyclic) bond motifs is 1. The zero-order valence-electron chi connectivity index (χ0n) is 15.6. The second kappa shape index (κ2) is 7.32. The van der Waals surface area contributed by atoms with E-state index < -0.39 is 0 Å². The SMILES string of the molecule is COc1ccc(OC)c2c1cc(C(=O)Nc1nc(-c3cccnc3)cs1)n2C. The van der Waals surface area contributed by atoms with Gasteiger partial charge in [0.05, 0.1) is 25.4 Å². The highest BCUT2D eigenvalue weighted by Gasteiger charge is 2.20. The molecule has 0 saturated heterocycles. The lowest BCUT2D eigenvalue weighted by molar-refractivity contribution is 0.101. The monoisotopic (exact) mass is 394 g/mol. The quantitative estimate of drug-likeness (QED) is 0.554. The van der Waals surface area contributed by atoms with Crippen molar-refractivity contribution in [2.24, 2.45) is 7.05 Å². The first kappa shape index (κ1) is 18.0. The number of pyridine rings is 1. The first-order valence-corrected chi connectivity index (χ1v) is 9.38. The molecule has 4 rings (SSSR count). The Balaban J connectivity index is 1.66. The molecular weight excluding hydrogens is 376 g/mol. The number of nitrogens with zero attached hydrogens (tertiary/aromatic N) is 3. The molecule has 7 nitrogen and oxygen atoms in total. The summed E-state index contributed by atoms with van der Waals surface area (Å²) >= 11 is 1.37. The summed E-state index contributed by atoms with van der Waals surface area (Å²) in [5.41, 5.74) is 2.95. The van der Waals surface area contributed by atoms with Crippen LogP contribution in [-0.2, 0) is 7.05 Å². The molecule has 0 saturated carbocycles. The van der Waals surface area contributed by atoms with E-state index in [1.807, 2.05) is 36.7 Å². The summed E-state index contributed by atoms with van der Waals surface area (Å²) < 4.78 is 12.7. The van der Waals surface area contributed by atoms with Crippen molar-refractivity contribution in [3.8, 4) is 22.8 Å². The Morgan fingerprint density at radius 2 is 1.96 bits per heavy atom. The number of carbonyl (C=O) groups is 1. The van der Waals surface area contributed by atoms with Crippen molar-refractivity contribution in [3.05, 3.63) is 53.8 Å². The molecule has 3 aromatic heterocycles. The van der Waals surface area contributed by atoms with Crippen LogP contribution in [0.1, 0.15) is 10.5 Å². The fraction of sp³-hybridized carbons (Fsp3) is 0.150. The summed E-state index contributed by atoms with van der Waals surface area (Å²) in [6.07, 6.45) is 3.45. The van der Waals surface area contributed by atoms with Gasteiger partial charge in [-0.1, -0.05) is 0 Å². The number of hydrogen-bond acceptors (Lipinski definition) is 6. The number of thiazole rings is 1. The van der Waals surface area contributed by atoms with Gasteiger partial charge in [0.2, 0.25) is 0 Å². The third kappa shape index (κ3) is 3.07. The molecule has 0 atom stereocenters. The van der Waals surface area contributed by atoms with Gasteiger partial charge in [0, 0.05) is 35.8 Å². The minimum absolute atomic E-state index is 0.255. The van der Waals surface area contributed by atoms with E-state index in [2.05, 4.69) is 15.3 Å². The number of hydrogen-bond donors (Lipinski definition) is 1. The van der Waals surface area contributed by atoms with Gasteiger partial charge in [-0.2, -0.15) is 0 Å². The summed E-state index contributed by atoms with van der Waals surface area (Å²) in [6, 6.07) is 9.22. The normalized spacial score (nSPS) is 10.8. The van der Waals surface area contributed by atoms with Crippen LogP contribution in [0.25, 0.3) is 22.2 Å². The maximum atomic E-state index is 12.9. The highest BCUT2D eigenvalue weighted by molar-refractivity contribution is 7.14. The molecule has 1 amide bonds. The van der Waals surface area contributed by atoms with Crippen molar-refractivity contribution in [1.82, 2.24) is 14.5 Å². The second-order valence-corrected chi connectivity index (χ2v) is 6.91. The largest absolute Gasteiger partial charge is 0.496 e. The van der Waals surface area contributed by atoms with E-state index in [1.165, 1.54) is 11.3 Å². The molecule has 0 aliphatic rings. The van der Waals surface area contributed by atoms with E-state index in [0.29, 0.717) is 22.3 Å². The standard InChI is InChI=1S/C20H18N4O3S/c1-24-15(9-13-16(26-2)6-7-17(27-3)18(13)24)19(25)23-20-22-14(11-28-20)12-5-4-8-21-10-12/h4-11H,1-3H3,(H,22,23,25). The summed E-state index contributed by atoms with van der Waals surface area (Å²) in [7, 11) is 5.02. The third-order valence-corrected chi connectivity index (χ3v) is 5.23. The second-order valence-electron chi connectivity index (χ2n) is 6.05. The molecule has 1 N–H and O–H groups in total.